The molecule has 1 fully saturated rings. The van der Waals surface area contributed by atoms with Gasteiger partial charge in [0, 0.05) is 11.9 Å². The predicted molar refractivity (Wildman–Crippen MR) is 136 cm³/mol. The maximum Gasteiger partial charge on any atom is 0.266 e. The molecule has 0 atom stereocenters. The van der Waals surface area contributed by atoms with Gasteiger partial charge in [0.05, 0.1) is 17.2 Å². The first-order valence-corrected chi connectivity index (χ1v) is 11.9. The topological polar surface area (TPSA) is 41.9 Å². The summed E-state index contributed by atoms with van der Waals surface area (Å²) in [5, 5.41) is 2.87. The van der Waals surface area contributed by atoms with E-state index in [1.807, 2.05) is 66.4 Å². The Morgan fingerprint density at radius 2 is 1.75 bits per heavy atom. The molecule has 0 aliphatic carbocycles. The van der Waals surface area contributed by atoms with Crippen LogP contribution >= 0.6 is 11.8 Å². The number of fused-ring (bicyclic) bond motifs is 1. The van der Waals surface area contributed by atoms with Gasteiger partial charge >= 0.3 is 0 Å². The van der Waals surface area contributed by atoms with Crippen LogP contribution in [-0.2, 0) is 4.79 Å². The second-order valence-corrected chi connectivity index (χ2v) is 8.79. The van der Waals surface area contributed by atoms with E-state index in [9.17, 15) is 4.79 Å². The number of ether oxygens (including phenoxy) is 1. The summed E-state index contributed by atoms with van der Waals surface area (Å²) in [6.07, 6.45) is 3.95. The molecular formula is C27H28N2O2S. The Kier molecular flexibility index (Phi) is 6.96. The van der Waals surface area contributed by atoms with E-state index in [0.29, 0.717) is 18.1 Å². The number of unbranched alkanes of at least 4 members (excludes halogenated alkanes) is 1. The zero-order valence-corrected chi connectivity index (χ0v) is 19.6. The number of aliphatic imine (C=N–C) groups is 1. The summed E-state index contributed by atoms with van der Waals surface area (Å²) in [4.78, 5) is 20.6. The maximum absolute atomic E-state index is 13.3. The summed E-state index contributed by atoms with van der Waals surface area (Å²) < 4.78 is 5.80. The summed E-state index contributed by atoms with van der Waals surface area (Å²) in [5.74, 6) is 0.883. The smallest absolute Gasteiger partial charge is 0.266 e. The monoisotopic (exact) mass is 444 g/mol. The number of rotatable bonds is 7. The van der Waals surface area contributed by atoms with Crippen LogP contribution in [0.25, 0.3) is 16.8 Å². The molecule has 1 saturated heterocycles. The first-order valence-electron chi connectivity index (χ1n) is 11.1. The van der Waals surface area contributed by atoms with Crippen molar-refractivity contribution in [2.75, 3.05) is 13.2 Å². The third-order valence-corrected chi connectivity index (χ3v) is 6.39. The summed E-state index contributed by atoms with van der Waals surface area (Å²) in [5.41, 5.74) is 3.06. The van der Waals surface area contributed by atoms with Gasteiger partial charge in [-0.3, -0.25) is 9.69 Å². The molecule has 164 valence electrons. The number of carbonyl (C=O) groups excluding carboxylic acids is 1. The highest BCUT2D eigenvalue weighted by atomic mass is 32.2. The largest absolute Gasteiger partial charge is 0.493 e. The Morgan fingerprint density at radius 1 is 1.00 bits per heavy atom. The van der Waals surface area contributed by atoms with Gasteiger partial charge in [-0.25, -0.2) is 4.99 Å². The average Bonchev–Trinajstić information content (AvgIpc) is 3.09. The van der Waals surface area contributed by atoms with Crippen LogP contribution in [0.3, 0.4) is 0 Å². The molecule has 5 heteroatoms. The molecular weight excluding hydrogens is 416 g/mol. The number of aryl methyl sites for hydroxylation is 1. The first-order chi connectivity index (χ1) is 15.6. The van der Waals surface area contributed by atoms with E-state index in [4.69, 9.17) is 9.73 Å². The SMILES string of the molecule is CCCCN1C(=O)/C(=C\c2ccc(OCC)c3ccccc23)SC1=Nc1ccc(C)cc1. The van der Waals surface area contributed by atoms with Crippen LogP contribution in [-0.4, -0.2) is 29.1 Å². The highest BCUT2D eigenvalue weighted by Crippen LogP contribution is 2.37. The molecule has 1 aliphatic heterocycles. The van der Waals surface area contributed by atoms with Crippen LogP contribution in [0.15, 0.2) is 70.6 Å². The maximum atomic E-state index is 13.3. The number of hydrogen-bond acceptors (Lipinski definition) is 4. The molecule has 0 spiro atoms. The average molecular weight is 445 g/mol. The van der Waals surface area contributed by atoms with E-state index in [1.54, 1.807) is 0 Å². The van der Waals surface area contributed by atoms with Crippen molar-refractivity contribution in [3.8, 4) is 5.75 Å². The minimum Gasteiger partial charge on any atom is -0.493 e. The zero-order chi connectivity index (χ0) is 22.5. The van der Waals surface area contributed by atoms with E-state index in [1.165, 1.54) is 17.3 Å². The van der Waals surface area contributed by atoms with E-state index in [-0.39, 0.29) is 5.91 Å². The molecule has 1 amide bonds. The van der Waals surface area contributed by atoms with Crippen LogP contribution in [0.2, 0.25) is 0 Å². The fourth-order valence-corrected chi connectivity index (χ4v) is 4.69. The van der Waals surface area contributed by atoms with Gasteiger partial charge < -0.3 is 4.74 Å². The molecule has 1 heterocycles. The molecule has 0 unspecified atom stereocenters. The molecule has 0 bridgehead atoms. The number of carbonyl (C=O) groups is 1. The minimum absolute atomic E-state index is 0.0206. The summed E-state index contributed by atoms with van der Waals surface area (Å²) >= 11 is 1.45. The van der Waals surface area contributed by atoms with Crippen LogP contribution in [0.4, 0.5) is 5.69 Å². The second-order valence-electron chi connectivity index (χ2n) is 7.78. The summed E-state index contributed by atoms with van der Waals surface area (Å²) in [6, 6.07) is 20.2. The van der Waals surface area contributed by atoms with Crippen LogP contribution in [0.5, 0.6) is 5.75 Å². The Hall–Kier alpha value is -3.05. The van der Waals surface area contributed by atoms with Crippen molar-refractivity contribution in [1.82, 2.24) is 4.90 Å². The van der Waals surface area contributed by atoms with Gasteiger partial charge in [-0.15, -0.1) is 0 Å². The zero-order valence-electron chi connectivity index (χ0n) is 18.8. The van der Waals surface area contributed by atoms with Gasteiger partial charge in [0.1, 0.15) is 5.75 Å². The fraction of sp³-hybridized carbons (Fsp3) is 0.259. The van der Waals surface area contributed by atoms with Crippen LogP contribution < -0.4 is 4.74 Å². The Balaban J connectivity index is 1.73. The minimum atomic E-state index is 0.0206. The van der Waals surface area contributed by atoms with Gasteiger partial charge in [-0.05, 0) is 67.3 Å². The molecule has 3 aromatic carbocycles. The lowest BCUT2D eigenvalue weighted by Gasteiger charge is -2.14. The first kappa shape index (κ1) is 22.2. The molecule has 0 radical (unpaired) electrons. The molecule has 32 heavy (non-hydrogen) atoms. The molecule has 0 N–H and O–H groups in total. The quantitative estimate of drug-likeness (QED) is 0.370. The molecule has 4 rings (SSSR count). The molecule has 1 aliphatic rings. The summed E-state index contributed by atoms with van der Waals surface area (Å²) in [6.45, 7) is 7.46. The fourth-order valence-electron chi connectivity index (χ4n) is 3.68. The van der Waals surface area contributed by atoms with Crippen molar-refractivity contribution in [2.24, 2.45) is 4.99 Å². The van der Waals surface area contributed by atoms with Crippen LogP contribution in [0.1, 0.15) is 37.8 Å². The number of amidine groups is 1. The van der Waals surface area contributed by atoms with Gasteiger partial charge in [0.25, 0.3) is 5.91 Å². The van der Waals surface area contributed by atoms with E-state index in [2.05, 4.69) is 26.0 Å². The predicted octanol–water partition coefficient (Wildman–Crippen LogP) is 6.95. The van der Waals surface area contributed by atoms with Crippen molar-refractivity contribution >= 4 is 45.4 Å². The Bertz CT molecular complexity index is 1180. The number of hydrogen-bond donors (Lipinski definition) is 0. The highest BCUT2D eigenvalue weighted by molar-refractivity contribution is 8.18. The van der Waals surface area contributed by atoms with E-state index < -0.39 is 0 Å². The number of benzene rings is 3. The molecule has 4 nitrogen and oxygen atoms in total. The van der Waals surface area contributed by atoms with E-state index in [0.717, 1.165) is 45.8 Å². The number of amides is 1. The lowest BCUT2D eigenvalue weighted by Crippen LogP contribution is -2.30. The Labute approximate surface area is 194 Å². The van der Waals surface area contributed by atoms with Gasteiger partial charge in [0.2, 0.25) is 0 Å². The Morgan fingerprint density at radius 3 is 2.47 bits per heavy atom. The molecule has 0 aromatic heterocycles. The van der Waals surface area contributed by atoms with Crippen molar-refractivity contribution in [2.45, 2.75) is 33.6 Å². The highest BCUT2D eigenvalue weighted by Gasteiger charge is 2.33. The normalized spacial score (nSPS) is 16.5. The van der Waals surface area contributed by atoms with Crippen LogP contribution in [0, 0.1) is 6.92 Å². The van der Waals surface area contributed by atoms with Crippen molar-refractivity contribution in [1.29, 1.82) is 0 Å². The van der Waals surface area contributed by atoms with Gasteiger partial charge in [-0.2, -0.15) is 0 Å². The van der Waals surface area contributed by atoms with Gasteiger partial charge in [-0.1, -0.05) is 61.4 Å². The number of thioether (sulfide) groups is 1. The standard InChI is InChI=1S/C27H28N2O2S/c1-4-6-17-29-26(30)25(32-27(29)28-21-14-11-19(3)12-15-21)18-20-13-16-24(31-5-2)23-10-8-7-9-22(20)23/h7-16,18H,4-6,17H2,1-3H3/b25-18+,28-27?. The lowest BCUT2D eigenvalue weighted by molar-refractivity contribution is -0.122. The van der Waals surface area contributed by atoms with E-state index >= 15 is 0 Å². The van der Waals surface area contributed by atoms with Crippen molar-refractivity contribution < 1.29 is 9.53 Å². The van der Waals surface area contributed by atoms with Crippen molar-refractivity contribution in [3.63, 3.8) is 0 Å². The third-order valence-electron chi connectivity index (χ3n) is 5.39. The second kappa shape index (κ2) is 10.0. The third kappa shape index (κ3) is 4.73. The molecule has 3 aromatic rings. The van der Waals surface area contributed by atoms with Crippen molar-refractivity contribution in [3.05, 3.63) is 76.7 Å². The molecule has 0 saturated carbocycles. The number of nitrogens with zero attached hydrogens (tertiary/aromatic N) is 2. The van der Waals surface area contributed by atoms with Gasteiger partial charge in [0.15, 0.2) is 5.17 Å². The lowest BCUT2D eigenvalue weighted by atomic mass is 10.0. The summed E-state index contributed by atoms with van der Waals surface area (Å²) in [7, 11) is 0.